The van der Waals surface area contributed by atoms with Crippen molar-refractivity contribution in [3.8, 4) is 0 Å². The van der Waals surface area contributed by atoms with E-state index in [1.54, 1.807) is 6.92 Å². The molecule has 0 unspecified atom stereocenters. The summed E-state index contributed by atoms with van der Waals surface area (Å²) in [5.41, 5.74) is -1.22. The summed E-state index contributed by atoms with van der Waals surface area (Å²) >= 11 is 0. The first-order valence-electron chi connectivity index (χ1n) is 9.11. The normalized spacial score (nSPS) is 27.7. The topological polar surface area (TPSA) is 60.2 Å². The number of esters is 1. The van der Waals surface area contributed by atoms with Crippen LogP contribution in [-0.4, -0.2) is 55.1 Å². The minimum atomic E-state index is -1.03. The van der Waals surface area contributed by atoms with Gasteiger partial charge in [-0.2, -0.15) is 0 Å². The molecule has 0 aromatic rings. The van der Waals surface area contributed by atoms with Crippen molar-refractivity contribution in [1.82, 2.24) is 0 Å². The molecule has 3 atom stereocenters. The number of hydrogen-bond donors (Lipinski definition) is 2. The third-order valence-corrected chi connectivity index (χ3v) is 5.44. The molecule has 1 rings (SSSR count). The molecule has 0 radical (unpaired) electrons. The van der Waals surface area contributed by atoms with E-state index in [4.69, 9.17) is 9.47 Å². The monoisotopic (exact) mass is 330 g/mol. The van der Waals surface area contributed by atoms with Gasteiger partial charge in [-0.05, 0) is 52.9 Å². The first-order chi connectivity index (χ1) is 10.8. The SMILES string of the molecule is CC[NH+](CC)CCOC(=O)C[C@@](C)(O)[C@H]1CCO[C@](C)(CC)C1. The molecule has 1 aliphatic rings. The van der Waals surface area contributed by atoms with Gasteiger partial charge >= 0.3 is 5.97 Å². The van der Waals surface area contributed by atoms with Crippen molar-refractivity contribution in [3.05, 3.63) is 0 Å². The van der Waals surface area contributed by atoms with Crippen LogP contribution in [0.1, 0.15) is 60.3 Å². The van der Waals surface area contributed by atoms with Gasteiger partial charge in [-0.3, -0.25) is 4.79 Å². The lowest BCUT2D eigenvalue weighted by atomic mass is 9.75. The number of aliphatic hydroxyl groups is 1. The lowest BCUT2D eigenvalue weighted by Gasteiger charge is -2.43. The largest absolute Gasteiger partial charge is 0.460 e. The molecule has 0 bridgehead atoms. The highest BCUT2D eigenvalue weighted by atomic mass is 16.5. The van der Waals surface area contributed by atoms with Crippen LogP contribution in [0.5, 0.6) is 0 Å². The number of likely N-dealkylation sites (N-methyl/N-ethyl adjacent to an activating group) is 1. The Morgan fingerprint density at radius 1 is 1.39 bits per heavy atom. The molecular formula is C18H36NO4+. The molecule has 1 fully saturated rings. The lowest BCUT2D eigenvalue weighted by molar-refractivity contribution is -0.896. The van der Waals surface area contributed by atoms with Crippen LogP contribution in [-0.2, 0) is 14.3 Å². The van der Waals surface area contributed by atoms with Gasteiger partial charge in [0.1, 0.15) is 13.2 Å². The van der Waals surface area contributed by atoms with E-state index in [0.29, 0.717) is 13.2 Å². The molecule has 1 aliphatic heterocycles. The van der Waals surface area contributed by atoms with Crippen LogP contribution >= 0.6 is 0 Å². The van der Waals surface area contributed by atoms with Crippen LogP contribution in [0.3, 0.4) is 0 Å². The Labute approximate surface area is 141 Å². The summed E-state index contributed by atoms with van der Waals surface area (Å²) in [5, 5.41) is 10.8. The number of carbonyl (C=O) groups excluding carboxylic acids is 1. The Kier molecular flexibility index (Phi) is 7.98. The predicted molar refractivity (Wildman–Crippen MR) is 90.5 cm³/mol. The number of nitrogens with one attached hydrogen (secondary N) is 1. The van der Waals surface area contributed by atoms with Crippen LogP contribution in [0.4, 0.5) is 0 Å². The molecule has 0 aliphatic carbocycles. The summed E-state index contributed by atoms with van der Waals surface area (Å²) in [4.78, 5) is 13.5. The fourth-order valence-corrected chi connectivity index (χ4v) is 3.31. The number of hydrogen-bond acceptors (Lipinski definition) is 4. The van der Waals surface area contributed by atoms with Gasteiger partial charge in [-0.1, -0.05) is 6.92 Å². The van der Waals surface area contributed by atoms with Crippen LogP contribution in [0.15, 0.2) is 0 Å². The van der Waals surface area contributed by atoms with Crippen LogP contribution in [0.2, 0.25) is 0 Å². The molecule has 1 saturated heterocycles. The summed E-state index contributed by atoms with van der Waals surface area (Å²) < 4.78 is 11.2. The van der Waals surface area contributed by atoms with Crippen molar-refractivity contribution in [2.75, 3.05) is 32.8 Å². The molecule has 1 heterocycles. The van der Waals surface area contributed by atoms with E-state index < -0.39 is 5.60 Å². The second kappa shape index (κ2) is 9.00. The molecule has 0 spiro atoms. The molecule has 5 heteroatoms. The average molecular weight is 330 g/mol. The van der Waals surface area contributed by atoms with Crippen molar-refractivity contribution >= 4 is 5.97 Å². The van der Waals surface area contributed by atoms with Crippen LogP contribution in [0.25, 0.3) is 0 Å². The fourth-order valence-electron chi connectivity index (χ4n) is 3.31. The summed E-state index contributed by atoms with van der Waals surface area (Å²) in [5.74, 6) is -0.228. The highest BCUT2D eigenvalue weighted by Crippen LogP contribution is 2.38. The van der Waals surface area contributed by atoms with Crippen molar-refractivity contribution in [3.63, 3.8) is 0 Å². The van der Waals surface area contributed by atoms with Crippen LogP contribution in [0, 0.1) is 5.92 Å². The zero-order valence-electron chi connectivity index (χ0n) is 15.6. The van der Waals surface area contributed by atoms with Crippen molar-refractivity contribution in [2.45, 2.75) is 71.5 Å². The van der Waals surface area contributed by atoms with E-state index in [-0.39, 0.29) is 23.9 Å². The smallest absolute Gasteiger partial charge is 0.308 e. The summed E-state index contributed by atoms with van der Waals surface area (Å²) in [6.45, 7) is 14.1. The van der Waals surface area contributed by atoms with Gasteiger partial charge in [0, 0.05) is 6.61 Å². The first kappa shape index (κ1) is 20.4. The highest BCUT2D eigenvalue weighted by Gasteiger charge is 2.42. The van der Waals surface area contributed by atoms with Gasteiger partial charge in [0.25, 0.3) is 0 Å². The molecule has 136 valence electrons. The van der Waals surface area contributed by atoms with E-state index in [9.17, 15) is 9.90 Å². The van der Waals surface area contributed by atoms with E-state index in [1.807, 2.05) is 0 Å². The zero-order valence-corrected chi connectivity index (χ0v) is 15.6. The van der Waals surface area contributed by atoms with Crippen molar-refractivity contribution in [1.29, 1.82) is 0 Å². The van der Waals surface area contributed by atoms with E-state index >= 15 is 0 Å². The second-order valence-corrected chi connectivity index (χ2v) is 7.30. The van der Waals surface area contributed by atoms with Gasteiger partial charge in [-0.15, -0.1) is 0 Å². The molecule has 2 N–H and O–H groups in total. The maximum atomic E-state index is 12.1. The summed E-state index contributed by atoms with van der Waals surface area (Å²) in [7, 11) is 0. The Bertz CT molecular complexity index is 368. The van der Waals surface area contributed by atoms with E-state index in [2.05, 4.69) is 27.7 Å². The number of quaternary nitrogens is 1. The molecule has 0 aromatic heterocycles. The highest BCUT2D eigenvalue weighted by molar-refractivity contribution is 5.70. The minimum absolute atomic E-state index is 0.0606. The molecule has 0 amide bonds. The van der Waals surface area contributed by atoms with Gasteiger partial charge in [-0.25, -0.2) is 0 Å². The average Bonchev–Trinajstić information content (AvgIpc) is 2.51. The Hall–Kier alpha value is -0.650. The van der Waals surface area contributed by atoms with Crippen molar-refractivity contribution in [2.24, 2.45) is 5.92 Å². The molecule has 23 heavy (non-hydrogen) atoms. The standard InChI is InChI=1S/C18H35NO4/c1-6-17(4)13-15(9-11-23-17)18(5,21)14-16(20)22-12-10-19(7-2)8-3/h15,21H,6-14H2,1-5H3/p+1/t15-,17+,18+/m0/s1. The Balaban J connectivity index is 2.45. The molecule has 0 aromatic carbocycles. The molecular weight excluding hydrogens is 294 g/mol. The quantitative estimate of drug-likeness (QED) is 0.624. The van der Waals surface area contributed by atoms with E-state index in [1.165, 1.54) is 4.90 Å². The fraction of sp³-hybridized carbons (Fsp3) is 0.944. The summed E-state index contributed by atoms with van der Waals surface area (Å²) in [6.07, 6.45) is 2.55. The van der Waals surface area contributed by atoms with Gasteiger partial charge in [0.2, 0.25) is 0 Å². The number of ether oxygens (including phenoxy) is 2. The maximum absolute atomic E-state index is 12.1. The minimum Gasteiger partial charge on any atom is -0.460 e. The van der Waals surface area contributed by atoms with Gasteiger partial charge in [0.15, 0.2) is 0 Å². The number of rotatable bonds is 9. The molecule has 0 saturated carbocycles. The van der Waals surface area contributed by atoms with Crippen molar-refractivity contribution < 1.29 is 24.3 Å². The Morgan fingerprint density at radius 3 is 2.61 bits per heavy atom. The lowest BCUT2D eigenvalue weighted by Crippen LogP contribution is -3.11. The van der Waals surface area contributed by atoms with Gasteiger partial charge < -0.3 is 19.5 Å². The second-order valence-electron chi connectivity index (χ2n) is 7.30. The third kappa shape index (κ3) is 6.40. The van der Waals surface area contributed by atoms with Gasteiger partial charge in [0.05, 0.1) is 30.7 Å². The predicted octanol–water partition coefficient (Wildman–Crippen LogP) is 1.19. The zero-order chi connectivity index (χ0) is 17.5. The Morgan fingerprint density at radius 2 is 2.04 bits per heavy atom. The van der Waals surface area contributed by atoms with E-state index in [0.717, 1.165) is 38.9 Å². The number of carbonyl (C=O) groups is 1. The first-order valence-corrected chi connectivity index (χ1v) is 9.11. The van der Waals surface area contributed by atoms with Crippen LogP contribution < -0.4 is 4.90 Å². The summed E-state index contributed by atoms with van der Waals surface area (Å²) in [6, 6.07) is 0. The maximum Gasteiger partial charge on any atom is 0.308 e. The molecule has 5 nitrogen and oxygen atoms in total. The third-order valence-electron chi connectivity index (χ3n) is 5.44.